The molecule has 0 amide bonds. The zero-order chi connectivity index (χ0) is 9.97. The van der Waals surface area contributed by atoms with Gasteiger partial charge >= 0.3 is 0 Å². The molecule has 0 aliphatic heterocycles. The van der Waals surface area contributed by atoms with E-state index in [4.69, 9.17) is 0 Å². The van der Waals surface area contributed by atoms with Crippen molar-refractivity contribution < 1.29 is 5.11 Å². The van der Waals surface area contributed by atoms with Crippen LogP contribution >= 0.6 is 0 Å². The van der Waals surface area contributed by atoms with Crippen molar-refractivity contribution in [1.29, 1.82) is 0 Å². The number of benzene rings is 1. The summed E-state index contributed by atoms with van der Waals surface area (Å²) in [5.74, 6) is 0.281. The van der Waals surface area contributed by atoms with Crippen LogP contribution in [0.3, 0.4) is 0 Å². The maximum absolute atomic E-state index is 9.70. The second-order valence-corrected chi connectivity index (χ2v) is 3.24. The fourth-order valence-electron chi connectivity index (χ4n) is 1.38. The molecule has 2 aromatic rings. The first-order valence-corrected chi connectivity index (χ1v) is 4.48. The van der Waals surface area contributed by atoms with Crippen molar-refractivity contribution in [3.05, 3.63) is 48.2 Å². The minimum absolute atomic E-state index is 0.281. The predicted molar refractivity (Wildman–Crippen MR) is 56.1 cm³/mol. The van der Waals surface area contributed by atoms with Crippen LogP contribution in [0.5, 0.6) is 5.75 Å². The fourth-order valence-corrected chi connectivity index (χ4v) is 1.38. The van der Waals surface area contributed by atoms with Crippen LogP contribution in [0.4, 0.5) is 0 Å². The van der Waals surface area contributed by atoms with E-state index in [0.29, 0.717) is 0 Å². The largest absolute Gasteiger partial charge is 0.507 e. The second-order valence-electron chi connectivity index (χ2n) is 3.24. The standard InChI is InChI=1S/C12H11NO/c1-9-5-6-10(12(14)8-9)11-4-2-3-7-13-11/h2-8,14H,1H3. The van der Waals surface area contributed by atoms with Crippen LogP contribution in [0.15, 0.2) is 42.6 Å². The first kappa shape index (κ1) is 8.75. The number of hydrogen-bond acceptors (Lipinski definition) is 2. The summed E-state index contributed by atoms with van der Waals surface area (Å²) in [5, 5.41) is 9.70. The monoisotopic (exact) mass is 185 g/mol. The van der Waals surface area contributed by atoms with Crippen molar-refractivity contribution in [2.75, 3.05) is 0 Å². The van der Waals surface area contributed by atoms with E-state index < -0.39 is 0 Å². The van der Waals surface area contributed by atoms with E-state index in [1.54, 1.807) is 12.3 Å². The minimum Gasteiger partial charge on any atom is -0.507 e. The summed E-state index contributed by atoms with van der Waals surface area (Å²) in [4.78, 5) is 4.18. The van der Waals surface area contributed by atoms with Gasteiger partial charge in [-0.3, -0.25) is 4.98 Å². The first-order chi connectivity index (χ1) is 6.77. The average molecular weight is 185 g/mol. The number of pyridine rings is 1. The molecule has 1 N–H and O–H groups in total. The first-order valence-electron chi connectivity index (χ1n) is 4.48. The number of phenolic OH excluding ortho intramolecular Hbond substituents is 1. The summed E-state index contributed by atoms with van der Waals surface area (Å²) < 4.78 is 0. The van der Waals surface area contributed by atoms with Gasteiger partial charge in [0, 0.05) is 11.8 Å². The molecule has 2 rings (SSSR count). The highest BCUT2D eigenvalue weighted by atomic mass is 16.3. The third kappa shape index (κ3) is 1.59. The lowest BCUT2D eigenvalue weighted by Gasteiger charge is -2.03. The Kier molecular flexibility index (Phi) is 2.19. The van der Waals surface area contributed by atoms with E-state index in [9.17, 15) is 5.11 Å². The highest BCUT2D eigenvalue weighted by Gasteiger charge is 2.03. The molecule has 0 spiro atoms. The molecule has 0 saturated carbocycles. The molecule has 0 unspecified atom stereocenters. The molecule has 14 heavy (non-hydrogen) atoms. The normalized spacial score (nSPS) is 10.1. The van der Waals surface area contributed by atoms with Crippen LogP contribution < -0.4 is 0 Å². The Hall–Kier alpha value is -1.83. The van der Waals surface area contributed by atoms with Gasteiger partial charge < -0.3 is 5.11 Å². The molecule has 0 fully saturated rings. The molecule has 0 saturated heterocycles. The quantitative estimate of drug-likeness (QED) is 0.741. The molecule has 0 bridgehead atoms. The molecular weight excluding hydrogens is 174 g/mol. The summed E-state index contributed by atoms with van der Waals surface area (Å²) in [6, 6.07) is 11.2. The van der Waals surface area contributed by atoms with Crippen molar-refractivity contribution in [3.8, 4) is 17.0 Å². The Morgan fingerprint density at radius 2 is 2.00 bits per heavy atom. The fraction of sp³-hybridized carbons (Fsp3) is 0.0833. The summed E-state index contributed by atoms with van der Waals surface area (Å²) >= 11 is 0. The lowest BCUT2D eigenvalue weighted by molar-refractivity contribution is 0.476. The zero-order valence-electron chi connectivity index (χ0n) is 7.94. The van der Waals surface area contributed by atoms with E-state index in [-0.39, 0.29) is 5.75 Å². The van der Waals surface area contributed by atoms with Gasteiger partial charge in [-0.1, -0.05) is 12.1 Å². The zero-order valence-corrected chi connectivity index (χ0v) is 7.94. The maximum Gasteiger partial charge on any atom is 0.125 e. The Labute approximate surface area is 82.9 Å². The van der Waals surface area contributed by atoms with Gasteiger partial charge in [-0.2, -0.15) is 0 Å². The molecule has 0 aliphatic rings. The highest BCUT2D eigenvalue weighted by Crippen LogP contribution is 2.27. The molecule has 2 heteroatoms. The summed E-state index contributed by atoms with van der Waals surface area (Å²) in [6.45, 7) is 1.95. The minimum atomic E-state index is 0.281. The van der Waals surface area contributed by atoms with Gasteiger partial charge in [0.15, 0.2) is 0 Å². The van der Waals surface area contributed by atoms with Crippen LogP contribution in [-0.4, -0.2) is 10.1 Å². The van der Waals surface area contributed by atoms with Crippen LogP contribution in [0.1, 0.15) is 5.56 Å². The molecule has 0 aliphatic carbocycles. The molecule has 70 valence electrons. The lowest BCUT2D eigenvalue weighted by atomic mass is 10.1. The third-order valence-corrected chi connectivity index (χ3v) is 2.09. The van der Waals surface area contributed by atoms with Gasteiger partial charge in [0.1, 0.15) is 5.75 Å². The van der Waals surface area contributed by atoms with Gasteiger partial charge in [-0.05, 0) is 36.8 Å². The van der Waals surface area contributed by atoms with Crippen molar-refractivity contribution in [2.24, 2.45) is 0 Å². The van der Waals surface area contributed by atoms with E-state index in [0.717, 1.165) is 16.8 Å². The SMILES string of the molecule is Cc1ccc(-c2ccccn2)c(O)c1. The summed E-state index contributed by atoms with van der Waals surface area (Å²) in [6.07, 6.45) is 1.72. The van der Waals surface area contributed by atoms with Crippen LogP contribution in [0.2, 0.25) is 0 Å². The van der Waals surface area contributed by atoms with Gasteiger partial charge in [0.05, 0.1) is 5.69 Å². The van der Waals surface area contributed by atoms with E-state index in [1.165, 1.54) is 0 Å². The van der Waals surface area contributed by atoms with E-state index in [1.807, 2.05) is 37.3 Å². The number of nitrogens with zero attached hydrogens (tertiary/aromatic N) is 1. The number of aryl methyl sites for hydroxylation is 1. The molecule has 0 radical (unpaired) electrons. The molecule has 2 nitrogen and oxygen atoms in total. The summed E-state index contributed by atoms with van der Waals surface area (Å²) in [5.41, 5.74) is 2.61. The van der Waals surface area contributed by atoms with E-state index in [2.05, 4.69) is 4.98 Å². The lowest BCUT2D eigenvalue weighted by Crippen LogP contribution is -1.83. The van der Waals surface area contributed by atoms with E-state index >= 15 is 0 Å². The predicted octanol–water partition coefficient (Wildman–Crippen LogP) is 2.76. The van der Waals surface area contributed by atoms with Crippen LogP contribution in [-0.2, 0) is 0 Å². The Morgan fingerprint density at radius 1 is 1.14 bits per heavy atom. The van der Waals surface area contributed by atoms with Gasteiger partial charge in [0.25, 0.3) is 0 Å². The van der Waals surface area contributed by atoms with Gasteiger partial charge in [-0.15, -0.1) is 0 Å². The summed E-state index contributed by atoms with van der Waals surface area (Å²) in [7, 11) is 0. The molecule has 1 heterocycles. The van der Waals surface area contributed by atoms with Gasteiger partial charge in [0.2, 0.25) is 0 Å². The number of aromatic hydroxyl groups is 1. The highest BCUT2D eigenvalue weighted by molar-refractivity contribution is 5.66. The maximum atomic E-state index is 9.70. The average Bonchev–Trinajstić information content (AvgIpc) is 2.19. The Balaban J connectivity index is 2.53. The number of aromatic nitrogens is 1. The van der Waals surface area contributed by atoms with Gasteiger partial charge in [-0.25, -0.2) is 0 Å². The molecule has 0 atom stereocenters. The number of phenols is 1. The Bertz CT molecular complexity index is 437. The molecule has 1 aromatic carbocycles. The number of rotatable bonds is 1. The van der Waals surface area contributed by atoms with Crippen molar-refractivity contribution in [1.82, 2.24) is 4.98 Å². The topological polar surface area (TPSA) is 33.1 Å². The van der Waals surface area contributed by atoms with Crippen molar-refractivity contribution >= 4 is 0 Å². The van der Waals surface area contributed by atoms with Crippen molar-refractivity contribution in [2.45, 2.75) is 6.92 Å². The third-order valence-electron chi connectivity index (χ3n) is 2.09. The van der Waals surface area contributed by atoms with Crippen LogP contribution in [0.25, 0.3) is 11.3 Å². The molecular formula is C12H11NO. The smallest absolute Gasteiger partial charge is 0.125 e. The molecule has 1 aromatic heterocycles. The second kappa shape index (κ2) is 3.50. The number of hydrogen-bond donors (Lipinski definition) is 1. The van der Waals surface area contributed by atoms with Crippen molar-refractivity contribution in [3.63, 3.8) is 0 Å². The Morgan fingerprint density at radius 3 is 2.64 bits per heavy atom. The van der Waals surface area contributed by atoms with Crippen LogP contribution in [0, 0.1) is 6.92 Å².